The minimum atomic E-state index is -0.233. The molecule has 2 atom stereocenters. The highest BCUT2D eigenvalue weighted by Gasteiger charge is 2.28. The van der Waals surface area contributed by atoms with Crippen molar-refractivity contribution in [3.63, 3.8) is 0 Å². The number of aromatic amines is 1. The van der Waals surface area contributed by atoms with E-state index in [1.54, 1.807) is 0 Å². The van der Waals surface area contributed by atoms with Gasteiger partial charge in [-0.25, -0.2) is 4.98 Å². The number of nitrogens with zero attached hydrogens (tertiary/aromatic N) is 1. The lowest BCUT2D eigenvalue weighted by Crippen LogP contribution is -2.54. The predicted molar refractivity (Wildman–Crippen MR) is 84.4 cm³/mol. The highest BCUT2D eigenvalue weighted by atomic mass is 35.5. The fraction of sp³-hybridized carbons (Fsp3) is 0.692. The summed E-state index contributed by atoms with van der Waals surface area (Å²) >= 11 is 5.95. The van der Waals surface area contributed by atoms with Gasteiger partial charge in [0.15, 0.2) is 11.0 Å². The molecule has 0 aliphatic carbocycles. The first-order valence-corrected chi connectivity index (χ1v) is 7.41. The molecule has 0 radical (unpaired) electrons. The summed E-state index contributed by atoms with van der Waals surface area (Å²) in [5, 5.41) is 6.61. The van der Waals surface area contributed by atoms with Gasteiger partial charge in [-0.1, -0.05) is 18.5 Å². The van der Waals surface area contributed by atoms with Gasteiger partial charge in [-0.3, -0.25) is 4.79 Å². The third-order valence-electron chi connectivity index (χ3n) is 3.42. The molecule has 1 aromatic rings. The first-order chi connectivity index (χ1) is 9.65. The Balaban J connectivity index is 0.00000220. The van der Waals surface area contributed by atoms with Gasteiger partial charge < -0.3 is 20.4 Å². The Bertz CT molecular complexity index is 465. The number of H-pyrrole nitrogens is 1. The highest BCUT2D eigenvalue weighted by Crippen LogP contribution is 2.14. The van der Waals surface area contributed by atoms with Crippen LogP contribution in [0.2, 0.25) is 5.15 Å². The van der Waals surface area contributed by atoms with E-state index < -0.39 is 0 Å². The summed E-state index contributed by atoms with van der Waals surface area (Å²) in [5.41, 5.74) is 0.781. The van der Waals surface area contributed by atoms with Crippen LogP contribution in [0.5, 0.6) is 0 Å². The van der Waals surface area contributed by atoms with Crippen LogP contribution in [0.25, 0.3) is 0 Å². The van der Waals surface area contributed by atoms with Crippen molar-refractivity contribution >= 4 is 29.9 Å². The number of aromatic nitrogens is 2. The first-order valence-electron chi connectivity index (χ1n) is 7.03. The normalized spacial score (nSPS) is 21.7. The summed E-state index contributed by atoms with van der Waals surface area (Å²) in [6.45, 7) is 6.16. The van der Waals surface area contributed by atoms with Gasteiger partial charge in [-0.15, -0.1) is 12.4 Å². The molecule has 1 fully saturated rings. The number of nitrogens with one attached hydrogen (secondary N) is 3. The predicted octanol–water partition coefficient (Wildman–Crippen LogP) is 1.54. The monoisotopic (exact) mass is 336 g/mol. The zero-order valence-corrected chi connectivity index (χ0v) is 13.8. The van der Waals surface area contributed by atoms with Crippen molar-refractivity contribution < 1.29 is 9.53 Å². The van der Waals surface area contributed by atoms with Crippen molar-refractivity contribution in [3.8, 4) is 0 Å². The number of hydrogen-bond donors (Lipinski definition) is 3. The van der Waals surface area contributed by atoms with E-state index in [9.17, 15) is 4.79 Å². The Morgan fingerprint density at radius 3 is 2.90 bits per heavy atom. The third kappa shape index (κ3) is 4.57. The smallest absolute Gasteiger partial charge is 0.287 e. The van der Waals surface area contributed by atoms with Crippen molar-refractivity contribution in [2.45, 2.75) is 38.8 Å². The second-order valence-electron chi connectivity index (χ2n) is 4.77. The van der Waals surface area contributed by atoms with Crippen LogP contribution < -0.4 is 10.6 Å². The molecule has 3 N–H and O–H groups in total. The Kier molecular flexibility index (Phi) is 7.45. The van der Waals surface area contributed by atoms with Crippen LogP contribution in [0, 0.1) is 0 Å². The van der Waals surface area contributed by atoms with E-state index in [0.717, 1.165) is 25.2 Å². The van der Waals surface area contributed by atoms with Gasteiger partial charge in [-0.2, -0.15) is 0 Å². The molecule has 1 aliphatic rings. The highest BCUT2D eigenvalue weighted by molar-refractivity contribution is 6.30. The molecule has 0 bridgehead atoms. The molecule has 1 amide bonds. The maximum absolute atomic E-state index is 12.2. The molecule has 1 aromatic heterocycles. The fourth-order valence-corrected chi connectivity index (χ4v) is 2.62. The van der Waals surface area contributed by atoms with Crippen LogP contribution in [0.3, 0.4) is 0 Å². The zero-order chi connectivity index (χ0) is 14.5. The van der Waals surface area contributed by atoms with E-state index in [4.69, 9.17) is 16.3 Å². The number of ether oxygens (including phenoxy) is 1. The van der Waals surface area contributed by atoms with Gasteiger partial charge >= 0.3 is 0 Å². The second kappa shape index (κ2) is 8.58. The van der Waals surface area contributed by atoms with Crippen molar-refractivity contribution in [2.24, 2.45) is 0 Å². The van der Waals surface area contributed by atoms with Gasteiger partial charge in [0.25, 0.3) is 5.91 Å². The number of halogens is 2. The van der Waals surface area contributed by atoms with Gasteiger partial charge in [-0.05, 0) is 26.3 Å². The fourth-order valence-electron chi connectivity index (χ4n) is 2.35. The van der Waals surface area contributed by atoms with Gasteiger partial charge in [0, 0.05) is 13.2 Å². The molecule has 0 spiro atoms. The molecule has 21 heavy (non-hydrogen) atoms. The standard InChI is InChI=1S/C13H21ClN4O2.ClH/c1-3-8-11(14)18-12(16-8)13(19)17-9-5-6-15-7-10(9)20-4-2;/h9-10,15H,3-7H2,1-2H3,(H,16,18)(H,17,19);1H. The minimum Gasteiger partial charge on any atom is -0.375 e. The van der Waals surface area contributed by atoms with Crippen molar-refractivity contribution in [3.05, 3.63) is 16.7 Å². The minimum absolute atomic E-state index is 0. The van der Waals surface area contributed by atoms with E-state index in [2.05, 4.69) is 20.6 Å². The largest absolute Gasteiger partial charge is 0.375 e. The van der Waals surface area contributed by atoms with Gasteiger partial charge in [0.1, 0.15) is 0 Å². The number of imidazole rings is 1. The summed E-state index contributed by atoms with van der Waals surface area (Å²) in [6.07, 6.45) is 1.55. The maximum atomic E-state index is 12.2. The van der Waals surface area contributed by atoms with Crippen LogP contribution in [0.15, 0.2) is 0 Å². The summed E-state index contributed by atoms with van der Waals surface area (Å²) in [6, 6.07) is -0.00217. The molecule has 1 aliphatic heterocycles. The molecular weight excluding hydrogens is 315 g/mol. The van der Waals surface area contributed by atoms with E-state index in [1.807, 2.05) is 13.8 Å². The average molecular weight is 337 g/mol. The van der Waals surface area contributed by atoms with Crippen LogP contribution in [0.1, 0.15) is 36.6 Å². The number of carbonyl (C=O) groups excluding carboxylic acids is 1. The zero-order valence-electron chi connectivity index (χ0n) is 12.2. The second-order valence-corrected chi connectivity index (χ2v) is 5.13. The Morgan fingerprint density at radius 1 is 1.52 bits per heavy atom. The lowest BCUT2D eigenvalue weighted by atomic mass is 10.0. The van der Waals surface area contributed by atoms with Crippen LogP contribution in [-0.2, 0) is 11.2 Å². The summed E-state index contributed by atoms with van der Waals surface area (Å²) < 4.78 is 5.65. The molecular formula is C13H22Cl2N4O2. The topological polar surface area (TPSA) is 79.0 Å². The summed E-state index contributed by atoms with van der Waals surface area (Å²) in [5.74, 6) is 0.0313. The quantitative estimate of drug-likeness (QED) is 0.762. The molecule has 120 valence electrons. The van der Waals surface area contributed by atoms with E-state index in [-0.39, 0.29) is 36.3 Å². The number of carbonyl (C=O) groups is 1. The van der Waals surface area contributed by atoms with Crippen molar-refractivity contribution in [1.29, 1.82) is 0 Å². The average Bonchev–Trinajstić information content (AvgIpc) is 2.82. The molecule has 6 nitrogen and oxygen atoms in total. The molecule has 2 rings (SSSR count). The Morgan fingerprint density at radius 2 is 2.29 bits per heavy atom. The summed E-state index contributed by atoms with van der Waals surface area (Å²) in [7, 11) is 0. The molecule has 0 aromatic carbocycles. The lowest BCUT2D eigenvalue weighted by molar-refractivity contribution is 0.0207. The molecule has 2 unspecified atom stereocenters. The van der Waals surface area contributed by atoms with E-state index >= 15 is 0 Å². The number of aryl methyl sites for hydroxylation is 1. The van der Waals surface area contributed by atoms with Crippen LogP contribution in [-0.4, -0.2) is 47.7 Å². The first kappa shape index (κ1) is 18.2. The maximum Gasteiger partial charge on any atom is 0.287 e. The summed E-state index contributed by atoms with van der Waals surface area (Å²) in [4.78, 5) is 19.2. The lowest BCUT2D eigenvalue weighted by Gasteiger charge is -2.32. The number of rotatable bonds is 5. The molecule has 2 heterocycles. The van der Waals surface area contributed by atoms with Crippen LogP contribution >= 0.6 is 24.0 Å². The third-order valence-corrected chi connectivity index (χ3v) is 3.73. The van der Waals surface area contributed by atoms with E-state index in [0.29, 0.717) is 18.2 Å². The van der Waals surface area contributed by atoms with Crippen molar-refractivity contribution in [1.82, 2.24) is 20.6 Å². The van der Waals surface area contributed by atoms with Gasteiger partial charge in [0.05, 0.1) is 17.8 Å². The molecule has 0 saturated carbocycles. The Hall–Kier alpha value is -0.820. The number of amides is 1. The van der Waals surface area contributed by atoms with Crippen molar-refractivity contribution in [2.75, 3.05) is 19.7 Å². The van der Waals surface area contributed by atoms with Crippen LogP contribution in [0.4, 0.5) is 0 Å². The van der Waals surface area contributed by atoms with Gasteiger partial charge in [0.2, 0.25) is 0 Å². The SMILES string of the molecule is CCOC1CNCCC1NC(=O)c1nc(Cl)c(CC)[nH]1.Cl. The number of hydrogen-bond acceptors (Lipinski definition) is 4. The Labute approximate surface area is 135 Å². The molecule has 8 heteroatoms. The number of piperidine rings is 1. The molecule has 1 saturated heterocycles. The van der Waals surface area contributed by atoms with E-state index in [1.165, 1.54) is 0 Å².